The highest BCUT2D eigenvalue weighted by atomic mass is 32.2. The van der Waals surface area contributed by atoms with Crippen LogP contribution < -0.4 is 4.72 Å². The molecule has 1 heterocycles. The van der Waals surface area contributed by atoms with Crippen LogP contribution in [0, 0.1) is 17.1 Å². The van der Waals surface area contributed by atoms with Gasteiger partial charge in [-0.3, -0.25) is 4.98 Å². The number of sulfonamides is 1. The number of pyridine rings is 1. The first kappa shape index (κ1) is 14.1. The highest BCUT2D eigenvalue weighted by molar-refractivity contribution is 7.89. The van der Waals surface area contributed by atoms with Gasteiger partial charge in [0.05, 0.1) is 0 Å². The lowest BCUT2D eigenvalue weighted by Gasteiger charge is -2.08. The van der Waals surface area contributed by atoms with Crippen LogP contribution in [0.1, 0.15) is 11.1 Å². The molecular weight excluding hydrogens is 281 g/mol. The standard InChI is InChI=1S/C13H10FN3O2S/c14-12-4-1-5-13(11(12)7-15)20(18,19)17-9-10-3-2-6-16-8-10/h1-6,8,17H,9H2. The molecule has 2 aromatic rings. The Hall–Kier alpha value is -2.30. The third-order valence-corrected chi connectivity index (χ3v) is 4.01. The molecule has 1 aromatic heterocycles. The van der Waals surface area contributed by atoms with Crippen LogP contribution in [0.3, 0.4) is 0 Å². The van der Waals surface area contributed by atoms with Crippen molar-refractivity contribution < 1.29 is 12.8 Å². The van der Waals surface area contributed by atoms with E-state index < -0.39 is 21.4 Å². The minimum absolute atomic E-state index is 0.0115. The molecular formula is C13H10FN3O2S. The molecule has 0 saturated heterocycles. The van der Waals surface area contributed by atoms with Crippen molar-refractivity contribution in [3.8, 4) is 6.07 Å². The summed E-state index contributed by atoms with van der Waals surface area (Å²) in [5.74, 6) is -0.864. The smallest absolute Gasteiger partial charge is 0.242 e. The summed E-state index contributed by atoms with van der Waals surface area (Å²) in [7, 11) is -3.96. The van der Waals surface area contributed by atoms with Crippen molar-refractivity contribution in [2.75, 3.05) is 0 Å². The first-order chi connectivity index (χ1) is 9.54. The van der Waals surface area contributed by atoms with Crippen LogP contribution in [0.2, 0.25) is 0 Å². The summed E-state index contributed by atoms with van der Waals surface area (Å²) in [5, 5.41) is 8.86. The molecule has 0 aliphatic rings. The summed E-state index contributed by atoms with van der Waals surface area (Å²) in [5.41, 5.74) is 0.164. The molecule has 0 aliphatic carbocycles. The molecule has 0 saturated carbocycles. The van der Waals surface area contributed by atoms with E-state index in [1.807, 2.05) is 0 Å². The molecule has 0 atom stereocenters. The average molecular weight is 291 g/mol. The number of halogens is 1. The van der Waals surface area contributed by atoms with E-state index in [4.69, 9.17) is 5.26 Å². The van der Waals surface area contributed by atoms with Gasteiger partial charge in [-0.15, -0.1) is 0 Å². The van der Waals surface area contributed by atoms with Gasteiger partial charge in [-0.05, 0) is 23.8 Å². The van der Waals surface area contributed by atoms with Crippen molar-refractivity contribution in [2.24, 2.45) is 0 Å². The fraction of sp³-hybridized carbons (Fsp3) is 0.0769. The van der Waals surface area contributed by atoms with Gasteiger partial charge in [0.25, 0.3) is 0 Å². The number of nitrogens with zero attached hydrogens (tertiary/aromatic N) is 2. The molecule has 1 N–H and O–H groups in total. The van der Waals surface area contributed by atoms with Crippen LogP contribution in [-0.4, -0.2) is 13.4 Å². The van der Waals surface area contributed by atoms with Crippen molar-refractivity contribution in [3.63, 3.8) is 0 Å². The first-order valence-electron chi connectivity index (χ1n) is 5.62. The fourth-order valence-corrected chi connectivity index (χ4v) is 2.78. The zero-order chi connectivity index (χ0) is 14.6. The van der Waals surface area contributed by atoms with E-state index in [1.54, 1.807) is 24.4 Å². The largest absolute Gasteiger partial charge is 0.264 e. The van der Waals surface area contributed by atoms with Crippen LogP contribution in [0.5, 0.6) is 0 Å². The van der Waals surface area contributed by atoms with E-state index >= 15 is 0 Å². The molecule has 0 amide bonds. The first-order valence-corrected chi connectivity index (χ1v) is 7.10. The lowest BCUT2D eigenvalue weighted by molar-refractivity contribution is 0.576. The average Bonchev–Trinajstić information content (AvgIpc) is 2.46. The summed E-state index contributed by atoms with van der Waals surface area (Å²) in [6, 6.07) is 8.41. The molecule has 0 radical (unpaired) electrons. The van der Waals surface area contributed by atoms with E-state index in [0.717, 1.165) is 6.07 Å². The molecule has 0 aliphatic heterocycles. The molecule has 7 heteroatoms. The third kappa shape index (κ3) is 2.99. The van der Waals surface area contributed by atoms with Gasteiger partial charge >= 0.3 is 0 Å². The number of nitriles is 1. The SMILES string of the molecule is N#Cc1c(F)cccc1S(=O)(=O)NCc1cccnc1. The summed E-state index contributed by atoms with van der Waals surface area (Å²) >= 11 is 0. The number of rotatable bonds is 4. The zero-order valence-corrected chi connectivity index (χ0v) is 11.1. The predicted molar refractivity (Wildman–Crippen MR) is 69.4 cm³/mol. The van der Waals surface area contributed by atoms with Gasteiger partial charge in [0.1, 0.15) is 22.3 Å². The van der Waals surface area contributed by atoms with Gasteiger partial charge in [0.2, 0.25) is 10.0 Å². The zero-order valence-electron chi connectivity index (χ0n) is 10.2. The van der Waals surface area contributed by atoms with Gasteiger partial charge in [0, 0.05) is 18.9 Å². The summed E-state index contributed by atoms with van der Waals surface area (Å²) in [4.78, 5) is 3.49. The van der Waals surface area contributed by atoms with Crippen molar-refractivity contribution in [3.05, 3.63) is 59.7 Å². The van der Waals surface area contributed by atoms with Crippen molar-refractivity contribution in [1.29, 1.82) is 5.26 Å². The van der Waals surface area contributed by atoms with E-state index in [-0.39, 0.29) is 11.4 Å². The topological polar surface area (TPSA) is 82.8 Å². The van der Waals surface area contributed by atoms with Crippen LogP contribution >= 0.6 is 0 Å². The summed E-state index contributed by atoms with van der Waals surface area (Å²) in [6.45, 7) is 0.0115. The maximum atomic E-state index is 13.4. The van der Waals surface area contributed by atoms with Crippen LogP contribution in [0.4, 0.5) is 4.39 Å². The van der Waals surface area contributed by atoms with Crippen LogP contribution in [-0.2, 0) is 16.6 Å². The number of benzene rings is 1. The van der Waals surface area contributed by atoms with E-state index in [9.17, 15) is 12.8 Å². The van der Waals surface area contributed by atoms with Gasteiger partial charge in [0.15, 0.2) is 0 Å². The predicted octanol–water partition coefficient (Wildman–Crippen LogP) is 1.57. The second-order valence-corrected chi connectivity index (χ2v) is 5.65. The molecule has 5 nitrogen and oxygen atoms in total. The normalized spacial score (nSPS) is 11.0. The van der Waals surface area contributed by atoms with Gasteiger partial charge in [-0.2, -0.15) is 5.26 Å². The summed E-state index contributed by atoms with van der Waals surface area (Å²) in [6.07, 6.45) is 3.08. The third-order valence-electron chi connectivity index (χ3n) is 2.57. The molecule has 2 rings (SSSR count). The summed E-state index contributed by atoms with van der Waals surface area (Å²) < 4.78 is 39.9. The van der Waals surface area contributed by atoms with Crippen LogP contribution in [0.15, 0.2) is 47.6 Å². The van der Waals surface area contributed by atoms with Crippen LogP contribution in [0.25, 0.3) is 0 Å². The Morgan fingerprint density at radius 3 is 2.75 bits per heavy atom. The quantitative estimate of drug-likeness (QED) is 0.927. The van der Waals surface area contributed by atoms with Gasteiger partial charge in [-0.25, -0.2) is 17.5 Å². The fourth-order valence-electron chi connectivity index (χ4n) is 1.60. The number of aromatic nitrogens is 1. The second-order valence-electron chi connectivity index (χ2n) is 3.91. The van der Waals surface area contributed by atoms with Crippen molar-refractivity contribution in [2.45, 2.75) is 11.4 Å². The Morgan fingerprint density at radius 1 is 1.30 bits per heavy atom. The lowest BCUT2D eigenvalue weighted by Crippen LogP contribution is -2.24. The maximum absolute atomic E-state index is 13.4. The Bertz CT molecular complexity index is 755. The van der Waals surface area contributed by atoms with E-state index in [1.165, 1.54) is 18.3 Å². The molecule has 102 valence electrons. The van der Waals surface area contributed by atoms with E-state index in [0.29, 0.717) is 5.56 Å². The molecule has 0 unspecified atom stereocenters. The highest BCUT2D eigenvalue weighted by Gasteiger charge is 2.20. The van der Waals surface area contributed by atoms with Crippen molar-refractivity contribution >= 4 is 10.0 Å². The van der Waals surface area contributed by atoms with Gasteiger partial charge < -0.3 is 0 Å². The Balaban J connectivity index is 2.28. The minimum atomic E-state index is -3.96. The number of hydrogen-bond acceptors (Lipinski definition) is 4. The molecule has 0 fully saturated rings. The Morgan fingerprint density at radius 2 is 2.10 bits per heavy atom. The molecule has 20 heavy (non-hydrogen) atoms. The minimum Gasteiger partial charge on any atom is -0.264 e. The number of hydrogen-bond donors (Lipinski definition) is 1. The van der Waals surface area contributed by atoms with Crippen molar-refractivity contribution in [1.82, 2.24) is 9.71 Å². The highest BCUT2D eigenvalue weighted by Crippen LogP contribution is 2.18. The Labute approximate surface area is 115 Å². The lowest BCUT2D eigenvalue weighted by atomic mass is 10.2. The Kier molecular flexibility index (Phi) is 4.08. The maximum Gasteiger partial charge on any atom is 0.242 e. The van der Waals surface area contributed by atoms with Gasteiger partial charge in [-0.1, -0.05) is 12.1 Å². The monoisotopic (exact) mass is 291 g/mol. The van der Waals surface area contributed by atoms with E-state index in [2.05, 4.69) is 9.71 Å². The molecule has 0 spiro atoms. The molecule has 0 bridgehead atoms. The number of nitrogens with one attached hydrogen (secondary N) is 1. The second kappa shape index (κ2) is 5.77. The molecule has 1 aromatic carbocycles.